The van der Waals surface area contributed by atoms with Gasteiger partial charge in [0.05, 0.1) is 5.54 Å². The van der Waals surface area contributed by atoms with Crippen molar-refractivity contribution in [2.75, 3.05) is 26.2 Å². The molecule has 1 aliphatic rings. The molecule has 0 spiro atoms. The van der Waals surface area contributed by atoms with Crippen LogP contribution in [0.25, 0.3) is 0 Å². The standard InChI is InChI=1S/C17H22N2S/c1-17(16-5-3-2-4-6-16)14-18-9-11-19(17)10-7-15-8-12-20-13-15/h2-6,8,12-13,18H,7,9-11,14H2,1H3. The van der Waals surface area contributed by atoms with Crippen molar-refractivity contribution in [2.24, 2.45) is 0 Å². The van der Waals surface area contributed by atoms with Crippen LogP contribution >= 0.6 is 11.3 Å². The molecule has 1 fully saturated rings. The van der Waals surface area contributed by atoms with Gasteiger partial charge in [-0.1, -0.05) is 30.3 Å². The van der Waals surface area contributed by atoms with Gasteiger partial charge < -0.3 is 5.32 Å². The average molecular weight is 286 g/mol. The molecule has 2 heterocycles. The van der Waals surface area contributed by atoms with E-state index in [4.69, 9.17) is 0 Å². The minimum Gasteiger partial charge on any atom is -0.313 e. The molecule has 106 valence electrons. The van der Waals surface area contributed by atoms with Crippen LogP contribution in [-0.4, -0.2) is 31.1 Å². The van der Waals surface area contributed by atoms with Crippen molar-refractivity contribution < 1.29 is 0 Å². The lowest BCUT2D eigenvalue weighted by atomic mass is 9.88. The van der Waals surface area contributed by atoms with E-state index in [2.05, 4.69) is 64.3 Å². The summed E-state index contributed by atoms with van der Waals surface area (Å²) < 4.78 is 0. The fraction of sp³-hybridized carbons (Fsp3) is 0.412. The maximum absolute atomic E-state index is 3.56. The fourth-order valence-corrected chi connectivity index (χ4v) is 3.75. The predicted molar refractivity (Wildman–Crippen MR) is 86.3 cm³/mol. The van der Waals surface area contributed by atoms with Crippen molar-refractivity contribution in [1.82, 2.24) is 10.2 Å². The molecule has 20 heavy (non-hydrogen) atoms. The van der Waals surface area contributed by atoms with Crippen LogP contribution in [0.15, 0.2) is 47.2 Å². The molecule has 0 saturated carbocycles. The van der Waals surface area contributed by atoms with E-state index in [1.807, 2.05) is 0 Å². The Morgan fingerprint density at radius 1 is 1.25 bits per heavy atom. The van der Waals surface area contributed by atoms with E-state index in [9.17, 15) is 0 Å². The molecule has 1 N–H and O–H groups in total. The van der Waals surface area contributed by atoms with E-state index in [0.29, 0.717) is 0 Å². The van der Waals surface area contributed by atoms with E-state index in [1.54, 1.807) is 11.3 Å². The zero-order chi connectivity index (χ0) is 13.8. The number of thiophene rings is 1. The number of rotatable bonds is 4. The minimum atomic E-state index is 0.107. The molecule has 1 aliphatic heterocycles. The molecule has 1 unspecified atom stereocenters. The first-order valence-corrected chi connectivity index (χ1v) is 8.26. The zero-order valence-corrected chi connectivity index (χ0v) is 12.8. The van der Waals surface area contributed by atoms with Crippen molar-refractivity contribution >= 4 is 11.3 Å². The monoisotopic (exact) mass is 286 g/mol. The van der Waals surface area contributed by atoms with Gasteiger partial charge in [0.15, 0.2) is 0 Å². The summed E-state index contributed by atoms with van der Waals surface area (Å²) in [6.07, 6.45) is 1.14. The molecular weight excluding hydrogens is 264 g/mol. The van der Waals surface area contributed by atoms with Crippen LogP contribution in [0.1, 0.15) is 18.1 Å². The van der Waals surface area contributed by atoms with Crippen molar-refractivity contribution in [3.63, 3.8) is 0 Å². The molecule has 1 saturated heterocycles. The molecule has 3 heteroatoms. The summed E-state index contributed by atoms with van der Waals surface area (Å²) in [5, 5.41) is 7.99. The Morgan fingerprint density at radius 2 is 2.10 bits per heavy atom. The maximum atomic E-state index is 3.56. The quantitative estimate of drug-likeness (QED) is 0.929. The van der Waals surface area contributed by atoms with Gasteiger partial charge >= 0.3 is 0 Å². The first kappa shape index (κ1) is 13.8. The summed E-state index contributed by atoms with van der Waals surface area (Å²) >= 11 is 1.79. The van der Waals surface area contributed by atoms with Gasteiger partial charge in [-0.3, -0.25) is 4.90 Å². The van der Waals surface area contributed by atoms with Crippen LogP contribution in [0.4, 0.5) is 0 Å². The van der Waals surface area contributed by atoms with E-state index < -0.39 is 0 Å². The minimum absolute atomic E-state index is 0.107. The number of hydrogen-bond donors (Lipinski definition) is 1. The van der Waals surface area contributed by atoms with Crippen LogP contribution in [0, 0.1) is 0 Å². The molecular formula is C17H22N2S. The highest BCUT2D eigenvalue weighted by atomic mass is 32.1. The van der Waals surface area contributed by atoms with Crippen molar-refractivity contribution in [1.29, 1.82) is 0 Å². The molecule has 3 rings (SSSR count). The highest BCUT2D eigenvalue weighted by molar-refractivity contribution is 7.07. The van der Waals surface area contributed by atoms with Crippen LogP contribution in [0.2, 0.25) is 0 Å². The molecule has 0 bridgehead atoms. The van der Waals surface area contributed by atoms with Crippen LogP contribution in [-0.2, 0) is 12.0 Å². The van der Waals surface area contributed by atoms with Gasteiger partial charge in [-0.05, 0) is 41.3 Å². The lowest BCUT2D eigenvalue weighted by molar-refractivity contribution is 0.0743. The Labute approximate surface area is 125 Å². The number of piperazine rings is 1. The van der Waals surface area contributed by atoms with E-state index >= 15 is 0 Å². The van der Waals surface area contributed by atoms with Crippen molar-refractivity contribution in [3.8, 4) is 0 Å². The molecule has 1 aromatic heterocycles. The number of hydrogen-bond acceptors (Lipinski definition) is 3. The topological polar surface area (TPSA) is 15.3 Å². The Hall–Kier alpha value is -1.16. The summed E-state index contributed by atoms with van der Waals surface area (Å²) in [7, 11) is 0. The second-order valence-corrected chi connectivity index (χ2v) is 6.47. The van der Waals surface area contributed by atoms with Gasteiger partial charge in [-0.15, -0.1) is 0 Å². The van der Waals surface area contributed by atoms with Crippen LogP contribution in [0.3, 0.4) is 0 Å². The third-order valence-corrected chi connectivity index (χ3v) is 5.10. The SMILES string of the molecule is CC1(c2ccccc2)CNCCN1CCc1ccsc1. The molecule has 1 aromatic carbocycles. The molecule has 0 amide bonds. The Bertz CT molecular complexity index is 523. The molecule has 0 aliphatic carbocycles. The average Bonchev–Trinajstić information content (AvgIpc) is 3.01. The van der Waals surface area contributed by atoms with Gasteiger partial charge in [0.25, 0.3) is 0 Å². The van der Waals surface area contributed by atoms with E-state index in [0.717, 1.165) is 32.6 Å². The lowest BCUT2D eigenvalue weighted by Crippen LogP contribution is -2.57. The van der Waals surface area contributed by atoms with Crippen molar-refractivity contribution in [2.45, 2.75) is 18.9 Å². The van der Waals surface area contributed by atoms with Gasteiger partial charge in [0.2, 0.25) is 0 Å². The zero-order valence-electron chi connectivity index (χ0n) is 12.0. The number of nitrogens with one attached hydrogen (secondary N) is 1. The molecule has 0 radical (unpaired) electrons. The summed E-state index contributed by atoms with van der Waals surface area (Å²) in [5.41, 5.74) is 2.98. The van der Waals surface area contributed by atoms with Gasteiger partial charge in [0.1, 0.15) is 0 Å². The highest BCUT2D eigenvalue weighted by Crippen LogP contribution is 2.29. The van der Waals surface area contributed by atoms with Crippen molar-refractivity contribution in [3.05, 3.63) is 58.3 Å². The molecule has 1 atom stereocenters. The van der Waals surface area contributed by atoms with Gasteiger partial charge in [0, 0.05) is 26.2 Å². The van der Waals surface area contributed by atoms with E-state index in [-0.39, 0.29) is 5.54 Å². The normalized spacial score (nSPS) is 23.9. The molecule has 2 aromatic rings. The third-order valence-electron chi connectivity index (χ3n) is 4.37. The third kappa shape index (κ3) is 2.80. The summed E-state index contributed by atoms with van der Waals surface area (Å²) in [6, 6.07) is 13.1. The van der Waals surface area contributed by atoms with Crippen LogP contribution < -0.4 is 5.32 Å². The molecule has 2 nitrogen and oxygen atoms in total. The van der Waals surface area contributed by atoms with Crippen LogP contribution in [0.5, 0.6) is 0 Å². The van der Waals surface area contributed by atoms with Gasteiger partial charge in [-0.25, -0.2) is 0 Å². The predicted octanol–water partition coefficient (Wildman–Crippen LogP) is 3.11. The fourth-order valence-electron chi connectivity index (χ4n) is 3.04. The Balaban J connectivity index is 1.76. The Morgan fingerprint density at radius 3 is 2.85 bits per heavy atom. The second kappa shape index (κ2) is 6.08. The maximum Gasteiger partial charge on any atom is 0.0557 e. The smallest absolute Gasteiger partial charge is 0.0557 e. The second-order valence-electron chi connectivity index (χ2n) is 5.69. The number of benzene rings is 1. The largest absolute Gasteiger partial charge is 0.313 e. The lowest BCUT2D eigenvalue weighted by Gasteiger charge is -2.45. The van der Waals surface area contributed by atoms with Gasteiger partial charge in [-0.2, -0.15) is 11.3 Å². The summed E-state index contributed by atoms with van der Waals surface area (Å²) in [5.74, 6) is 0. The first-order valence-electron chi connectivity index (χ1n) is 7.31. The van der Waals surface area contributed by atoms with E-state index in [1.165, 1.54) is 11.1 Å². The highest BCUT2D eigenvalue weighted by Gasteiger charge is 2.35. The Kier molecular flexibility index (Phi) is 4.20. The summed E-state index contributed by atoms with van der Waals surface area (Å²) in [4.78, 5) is 2.64. The summed E-state index contributed by atoms with van der Waals surface area (Å²) in [6.45, 7) is 6.73. The number of nitrogens with zero attached hydrogens (tertiary/aromatic N) is 1. The first-order chi connectivity index (χ1) is 9.79.